The van der Waals surface area contributed by atoms with Gasteiger partial charge in [0.2, 0.25) is 0 Å². The molecule has 3 nitrogen and oxygen atoms in total. The van der Waals surface area contributed by atoms with Gasteiger partial charge in [-0.15, -0.1) is 0 Å². The van der Waals surface area contributed by atoms with E-state index in [1.165, 1.54) is 10.4 Å². The maximum absolute atomic E-state index is 2.87. The third kappa shape index (κ3) is 6.48. The molecule has 12 heavy (non-hydrogen) atoms. The Morgan fingerprint density at radius 3 is 1.83 bits per heavy atom. The Morgan fingerprint density at radius 1 is 1.00 bits per heavy atom. The van der Waals surface area contributed by atoms with E-state index < -0.39 is 0 Å². The fraction of sp³-hybridized carbons (Fsp3) is 1.00. The van der Waals surface area contributed by atoms with Crippen molar-refractivity contribution in [1.82, 2.24) is 12.4 Å². The minimum atomic E-state index is 0.00193. The van der Waals surface area contributed by atoms with Gasteiger partial charge in [-0.3, -0.25) is 0 Å². The summed E-state index contributed by atoms with van der Waals surface area (Å²) in [6.07, 6.45) is 0. The van der Waals surface area contributed by atoms with Gasteiger partial charge in [-0.25, -0.2) is 0 Å². The Morgan fingerprint density at radius 2 is 1.50 bits per heavy atom. The molecule has 74 valence electrons. The average Bonchev–Trinajstić information content (AvgIpc) is 1.98. The molecular formula is C4H23N3Si5. The van der Waals surface area contributed by atoms with E-state index in [0.717, 1.165) is 0 Å². The normalized spacial score (nSPS) is 16.2. The first-order chi connectivity index (χ1) is 5.60. The lowest BCUT2D eigenvalue weighted by molar-refractivity contribution is 0.711. The van der Waals surface area contributed by atoms with Crippen molar-refractivity contribution in [3.05, 3.63) is 0 Å². The average molecular weight is 254 g/mol. The summed E-state index contributed by atoms with van der Waals surface area (Å²) in [6.45, 7) is 4.87. The van der Waals surface area contributed by atoms with E-state index in [1.54, 1.807) is 0 Å². The van der Waals surface area contributed by atoms with E-state index in [4.69, 9.17) is 0 Å². The van der Waals surface area contributed by atoms with Crippen molar-refractivity contribution in [3.63, 3.8) is 0 Å². The van der Waals surface area contributed by atoms with Gasteiger partial charge < -0.3 is 12.4 Å². The van der Waals surface area contributed by atoms with Crippen LogP contribution in [0.15, 0.2) is 0 Å². The topological polar surface area (TPSA) is 9.72 Å². The zero-order chi connectivity index (χ0) is 9.56. The van der Waals surface area contributed by atoms with Gasteiger partial charge in [0.25, 0.3) is 0 Å². The molecule has 0 saturated heterocycles. The lowest BCUT2D eigenvalue weighted by Crippen LogP contribution is -2.47. The second-order valence-corrected chi connectivity index (χ2v) is 17.8. The Bertz CT molecular complexity index is 109. The largest absolute Gasteiger partial charge is 0.371 e. The van der Waals surface area contributed by atoms with Crippen molar-refractivity contribution in [2.24, 2.45) is 0 Å². The fourth-order valence-electron chi connectivity index (χ4n) is 1.29. The zero-order valence-corrected chi connectivity index (χ0v) is 16.8. The van der Waals surface area contributed by atoms with E-state index >= 15 is 0 Å². The van der Waals surface area contributed by atoms with Crippen LogP contribution in [0, 0.1) is 0 Å². The second kappa shape index (κ2) is 7.38. The smallest absolute Gasteiger partial charge is 0.159 e. The number of rotatable bonds is 6. The molecule has 0 radical (unpaired) electrons. The van der Waals surface area contributed by atoms with Gasteiger partial charge in [-0.2, -0.15) is 0 Å². The van der Waals surface area contributed by atoms with Gasteiger partial charge in [-0.05, 0) is 14.1 Å². The Hall–Kier alpha value is 0.964. The summed E-state index contributed by atoms with van der Waals surface area (Å²) >= 11 is 0. The Balaban J connectivity index is 3.58. The molecule has 0 aromatic heterocycles. The summed E-state index contributed by atoms with van der Waals surface area (Å²) in [6, 6.07) is 0. The lowest BCUT2D eigenvalue weighted by atomic mass is 11.6. The first kappa shape index (κ1) is 13.0. The SMILES string of the molecule is C[SiH2]N([SiH2]C)[SiH2]N(C)[SiH2]N(C)[SiH3]. The number of hydrogen-bond donors (Lipinski definition) is 0. The quantitative estimate of drug-likeness (QED) is 0.444. The van der Waals surface area contributed by atoms with Gasteiger partial charge in [0.1, 0.15) is 0 Å². The molecule has 0 aliphatic carbocycles. The monoisotopic (exact) mass is 253 g/mol. The molecule has 0 rings (SSSR count). The van der Waals surface area contributed by atoms with Crippen LogP contribution in [-0.4, -0.2) is 75.9 Å². The van der Waals surface area contributed by atoms with Gasteiger partial charge in [-0.1, -0.05) is 13.1 Å². The minimum Gasteiger partial charge on any atom is -0.371 e. The van der Waals surface area contributed by atoms with Crippen molar-refractivity contribution < 1.29 is 0 Å². The minimum absolute atomic E-state index is 0.00193. The molecule has 0 unspecified atom stereocenters. The molecule has 0 fully saturated rings. The molecule has 0 atom stereocenters. The summed E-state index contributed by atoms with van der Waals surface area (Å²) < 4.78 is 8.09. The molecule has 0 amide bonds. The highest BCUT2D eigenvalue weighted by atomic mass is 28.4. The molecule has 0 N–H and O–H groups in total. The van der Waals surface area contributed by atoms with Crippen molar-refractivity contribution >= 4 is 49.5 Å². The third-order valence-electron chi connectivity index (χ3n) is 1.86. The Kier molecular flexibility index (Phi) is 7.97. The second-order valence-electron chi connectivity index (χ2n) is 3.52. The van der Waals surface area contributed by atoms with E-state index in [9.17, 15) is 0 Å². The molecule has 0 spiro atoms. The summed E-state index contributed by atoms with van der Waals surface area (Å²) in [5.41, 5.74) is 0. The predicted octanol–water partition coefficient (Wildman–Crippen LogP) is -4.31. The molecule has 0 aliphatic rings. The highest BCUT2D eigenvalue weighted by Gasteiger charge is 2.05. The number of hydrogen-bond acceptors (Lipinski definition) is 3. The van der Waals surface area contributed by atoms with Gasteiger partial charge in [0.05, 0.1) is 29.8 Å². The molecule has 0 bridgehead atoms. The summed E-state index contributed by atoms with van der Waals surface area (Å²) in [5.74, 6) is 0. The Labute approximate surface area is 89.1 Å². The first-order valence-corrected chi connectivity index (χ1v) is 12.2. The molecule has 0 saturated carbocycles. The van der Waals surface area contributed by atoms with Gasteiger partial charge in [0, 0.05) is 0 Å². The van der Waals surface area contributed by atoms with Crippen molar-refractivity contribution in [1.29, 1.82) is 0 Å². The molecule has 0 heterocycles. The maximum Gasteiger partial charge on any atom is 0.159 e. The molecule has 0 aliphatic heterocycles. The van der Waals surface area contributed by atoms with Crippen LogP contribution in [0.25, 0.3) is 0 Å². The van der Waals surface area contributed by atoms with E-state index in [-0.39, 0.29) is 39.0 Å². The fourth-order valence-corrected chi connectivity index (χ4v) is 15.1. The van der Waals surface area contributed by atoms with Crippen molar-refractivity contribution in [2.45, 2.75) is 13.1 Å². The van der Waals surface area contributed by atoms with Crippen LogP contribution in [0.3, 0.4) is 0 Å². The molecule has 0 aromatic carbocycles. The summed E-state index contributed by atoms with van der Waals surface area (Å²) in [4.78, 5) is 0. The van der Waals surface area contributed by atoms with Crippen LogP contribution in [0.2, 0.25) is 13.1 Å². The first-order valence-electron chi connectivity index (χ1n) is 4.65. The zero-order valence-electron chi connectivity index (χ0n) is 9.17. The van der Waals surface area contributed by atoms with Crippen molar-refractivity contribution in [3.8, 4) is 0 Å². The highest BCUT2D eigenvalue weighted by molar-refractivity contribution is 6.67. The van der Waals surface area contributed by atoms with Crippen LogP contribution >= 0.6 is 0 Å². The van der Waals surface area contributed by atoms with E-state index in [2.05, 4.69) is 39.5 Å². The van der Waals surface area contributed by atoms with Crippen LogP contribution in [0.1, 0.15) is 0 Å². The number of nitrogens with zero attached hydrogens (tertiary/aromatic N) is 3. The molecule has 8 heteroatoms. The van der Waals surface area contributed by atoms with E-state index in [1.807, 2.05) is 0 Å². The van der Waals surface area contributed by atoms with Crippen molar-refractivity contribution in [2.75, 3.05) is 14.1 Å². The van der Waals surface area contributed by atoms with E-state index in [0.29, 0.717) is 0 Å². The van der Waals surface area contributed by atoms with Crippen LogP contribution in [0.4, 0.5) is 0 Å². The summed E-state index contributed by atoms with van der Waals surface area (Å²) in [5, 5.41) is 0. The van der Waals surface area contributed by atoms with Crippen LogP contribution in [-0.2, 0) is 0 Å². The molecular weight excluding hydrogens is 230 g/mol. The summed E-state index contributed by atoms with van der Waals surface area (Å²) in [7, 11) is 6.26. The third-order valence-corrected chi connectivity index (χ3v) is 14.2. The molecule has 0 aromatic rings. The highest BCUT2D eigenvalue weighted by Crippen LogP contribution is 1.83. The van der Waals surface area contributed by atoms with Crippen LogP contribution in [0.5, 0.6) is 0 Å². The van der Waals surface area contributed by atoms with Gasteiger partial charge >= 0.3 is 0 Å². The standard InChI is InChI=1S/C4H23N3Si5/c1-5(8)11-6(2)12-7(9-3)10-4/h9-12H2,1-4,8H3. The lowest BCUT2D eigenvalue weighted by Gasteiger charge is -2.27. The predicted molar refractivity (Wildman–Crippen MR) is 73.2 cm³/mol. The van der Waals surface area contributed by atoms with Crippen LogP contribution < -0.4 is 0 Å². The van der Waals surface area contributed by atoms with Gasteiger partial charge in [0.15, 0.2) is 19.7 Å². The maximum atomic E-state index is 2.87.